The van der Waals surface area contributed by atoms with E-state index in [4.69, 9.17) is 11.6 Å². The van der Waals surface area contributed by atoms with E-state index in [1.54, 1.807) is 6.07 Å². The highest BCUT2D eigenvalue weighted by molar-refractivity contribution is 6.31. The van der Waals surface area contributed by atoms with Gasteiger partial charge in [-0.3, -0.25) is 10.1 Å². The van der Waals surface area contributed by atoms with Gasteiger partial charge in [0.05, 0.1) is 21.1 Å². The number of nitro benzene ring substituents is 1. The topological polar surface area (TPSA) is 63.4 Å². The molecule has 4 nitrogen and oxygen atoms in total. The number of benzene rings is 1. The molecule has 1 N–H and O–H groups in total. The van der Waals surface area contributed by atoms with Crippen LogP contribution in [0.15, 0.2) is 18.2 Å². The third kappa shape index (κ3) is 2.28. The lowest BCUT2D eigenvalue weighted by Gasteiger charge is -2.32. The van der Waals surface area contributed by atoms with Crippen LogP contribution in [0.4, 0.5) is 5.69 Å². The molecule has 0 radical (unpaired) electrons. The van der Waals surface area contributed by atoms with Crippen molar-refractivity contribution in [3.63, 3.8) is 0 Å². The van der Waals surface area contributed by atoms with E-state index >= 15 is 0 Å². The smallest absolute Gasteiger partial charge is 0.276 e. The van der Waals surface area contributed by atoms with Crippen molar-refractivity contribution in [2.45, 2.75) is 37.7 Å². The lowest BCUT2D eigenvalue weighted by atomic mass is 9.79. The average Bonchev–Trinajstić information content (AvgIpc) is 2.29. The Balaban J connectivity index is 2.52. The maximum atomic E-state index is 11.0. The van der Waals surface area contributed by atoms with Crippen LogP contribution in [-0.2, 0) is 5.60 Å². The highest BCUT2D eigenvalue weighted by Gasteiger charge is 2.38. The van der Waals surface area contributed by atoms with Gasteiger partial charge in [-0.05, 0) is 18.9 Å². The Bertz CT molecular complexity index is 441. The molecular formula is C12H14ClNO3. The molecule has 0 atom stereocenters. The highest BCUT2D eigenvalue weighted by Crippen LogP contribution is 2.44. The fourth-order valence-corrected chi connectivity index (χ4v) is 2.86. The third-order valence-electron chi connectivity index (χ3n) is 3.33. The quantitative estimate of drug-likeness (QED) is 0.651. The standard InChI is InChI=1S/C12H14ClNO3/c13-9-5-4-6-10(14(16)17)11(9)12(15)7-2-1-3-8-12/h4-6,15H,1-3,7-8H2. The maximum Gasteiger partial charge on any atom is 0.276 e. The zero-order valence-electron chi connectivity index (χ0n) is 9.36. The second kappa shape index (κ2) is 4.63. The number of hydrogen-bond acceptors (Lipinski definition) is 3. The minimum atomic E-state index is -1.14. The van der Waals surface area contributed by atoms with Crippen molar-refractivity contribution in [3.8, 4) is 0 Å². The van der Waals surface area contributed by atoms with E-state index in [0.717, 1.165) is 19.3 Å². The van der Waals surface area contributed by atoms with Crippen LogP contribution >= 0.6 is 11.6 Å². The number of nitro groups is 1. The van der Waals surface area contributed by atoms with Crippen molar-refractivity contribution in [1.29, 1.82) is 0 Å². The Morgan fingerprint density at radius 3 is 2.53 bits per heavy atom. The number of hydrogen-bond donors (Lipinski definition) is 1. The molecule has 1 fully saturated rings. The van der Waals surface area contributed by atoms with Crippen LogP contribution in [0, 0.1) is 10.1 Å². The van der Waals surface area contributed by atoms with Gasteiger partial charge in [0.15, 0.2) is 0 Å². The zero-order valence-corrected chi connectivity index (χ0v) is 10.1. The van der Waals surface area contributed by atoms with Crippen molar-refractivity contribution in [1.82, 2.24) is 0 Å². The van der Waals surface area contributed by atoms with Crippen LogP contribution in [0.3, 0.4) is 0 Å². The molecule has 0 spiro atoms. The first kappa shape index (κ1) is 12.3. The van der Waals surface area contributed by atoms with Gasteiger partial charge in [0.25, 0.3) is 5.69 Å². The number of nitrogens with zero attached hydrogens (tertiary/aromatic N) is 1. The summed E-state index contributed by atoms with van der Waals surface area (Å²) in [7, 11) is 0. The summed E-state index contributed by atoms with van der Waals surface area (Å²) >= 11 is 6.03. The summed E-state index contributed by atoms with van der Waals surface area (Å²) < 4.78 is 0. The van der Waals surface area contributed by atoms with Crippen LogP contribution in [0.5, 0.6) is 0 Å². The first-order valence-electron chi connectivity index (χ1n) is 5.70. The van der Waals surface area contributed by atoms with E-state index in [-0.39, 0.29) is 16.3 Å². The Labute approximate surface area is 104 Å². The molecule has 92 valence electrons. The molecule has 0 unspecified atom stereocenters. The van der Waals surface area contributed by atoms with Crippen molar-refractivity contribution in [3.05, 3.63) is 38.9 Å². The molecule has 17 heavy (non-hydrogen) atoms. The summed E-state index contributed by atoms with van der Waals surface area (Å²) in [6.45, 7) is 0. The molecule has 2 rings (SSSR count). The molecule has 0 amide bonds. The van der Waals surface area contributed by atoms with Gasteiger partial charge < -0.3 is 5.11 Å². The lowest BCUT2D eigenvalue weighted by Crippen LogP contribution is -2.29. The molecule has 1 aliphatic rings. The summed E-state index contributed by atoms with van der Waals surface area (Å²) in [4.78, 5) is 10.5. The summed E-state index contributed by atoms with van der Waals surface area (Å²) in [5, 5.41) is 21.8. The van der Waals surface area contributed by atoms with E-state index in [1.165, 1.54) is 12.1 Å². The molecule has 0 bridgehead atoms. The van der Waals surface area contributed by atoms with Crippen LogP contribution in [-0.4, -0.2) is 10.0 Å². The van der Waals surface area contributed by atoms with Gasteiger partial charge in [0.2, 0.25) is 0 Å². The second-order valence-corrected chi connectivity index (χ2v) is 4.89. The molecule has 0 saturated heterocycles. The lowest BCUT2D eigenvalue weighted by molar-refractivity contribution is -0.386. The first-order chi connectivity index (χ1) is 8.04. The van der Waals surface area contributed by atoms with E-state index in [9.17, 15) is 15.2 Å². The Morgan fingerprint density at radius 1 is 1.29 bits per heavy atom. The second-order valence-electron chi connectivity index (χ2n) is 4.48. The van der Waals surface area contributed by atoms with Crippen LogP contribution in [0.2, 0.25) is 5.02 Å². The minimum absolute atomic E-state index is 0.0816. The number of rotatable bonds is 2. The monoisotopic (exact) mass is 255 g/mol. The van der Waals surface area contributed by atoms with Gasteiger partial charge in [-0.2, -0.15) is 0 Å². The molecule has 1 aromatic carbocycles. The molecule has 1 saturated carbocycles. The fourth-order valence-electron chi connectivity index (χ4n) is 2.51. The molecule has 0 heterocycles. The summed E-state index contributed by atoms with van der Waals surface area (Å²) in [5.41, 5.74) is -0.938. The van der Waals surface area contributed by atoms with Gasteiger partial charge >= 0.3 is 0 Å². The summed E-state index contributed by atoms with van der Waals surface area (Å²) in [5.74, 6) is 0. The Kier molecular flexibility index (Phi) is 3.35. The first-order valence-corrected chi connectivity index (χ1v) is 6.08. The van der Waals surface area contributed by atoms with Crippen molar-refractivity contribution < 1.29 is 10.0 Å². The zero-order chi connectivity index (χ0) is 12.5. The molecule has 1 aromatic rings. The van der Waals surface area contributed by atoms with Gasteiger partial charge in [-0.25, -0.2) is 0 Å². The molecular weight excluding hydrogens is 242 g/mol. The van der Waals surface area contributed by atoms with Crippen molar-refractivity contribution >= 4 is 17.3 Å². The normalized spacial score (nSPS) is 18.9. The predicted molar refractivity (Wildman–Crippen MR) is 65.1 cm³/mol. The minimum Gasteiger partial charge on any atom is -0.385 e. The van der Waals surface area contributed by atoms with Crippen molar-refractivity contribution in [2.24, 2.45) is 0 Å². The Morgan fingerprint density at radius 2 is 1.94 bits per heavy atom. The number of aliphatic hydroxyl groups is 1. The SMILES string of the molecule is O=[N+]([O-])c1cccc(Cl)c1C1(O)CCCCC1. The van der Waals surface area contributed by atoms with Crippen LogP contribution in [0.25, 0.3) is 0 Å². The van der Waals surface area contributed by atoms with E-state index in [0.29, 0.717) is 12.8 Å². The van der Waals surface area contributed by atoms with E-state index < -0.39 is 10.5 Å². The van der Waals surface area contributed by atoms with Crippen LogP contribution < -0.4 is 0 Å². The van der Waals surface area contributed by atoms with E-state index in [2.05, 4.69) is 0 Å². The summed E-state index contributed by atoms with van der Waals surface area (Å²) in [6.07, 6.45) is 3.88. The summed E-state index contributed by atoms with van der Waals surface area (Å²) in [6, 6.07) is 4.53. The average molecular weight is 256 g/mol. The predicted octanol–water partition coefficient (Wildman–Crippen LogP) is 3.40. The van der Waals surface area contributed by atoms with Gasteiger partial charge in [-0.1, -0.05) is 36.9 Å². The number of halogens is 1. The van der Waals surface area contributed by atoms with E-state index in [1.807, 2.05) is 0 Å². The molecule has 5 heteroatoms. The largest absolute Gasteiger partial charge is 0.385 e. The van der Waals surface area contributed by atoms with Gasteiger partial charge in [0.1, 0.15) is 0 Å². The van der Waals surface area contributed by atoms with Crippen molar-refractivity contribution in [2.75, 3.05) is 0 Å². The molecule has 0 aliphatic heterocycles. The molecule has 0 aromatic heterocycles. The highest BCUT2D eigenvalue weighted by atomic mass is 35.5. The fraction of sp³-hybridized carbons (Fsp3) is 0.500. The third-order valence-corrected chi connectivity index (χ3v) is 3.65. The maximum absolute atomic E-state index is 11.0. The van der Waals surface area contributed by atoms with Gasteiger partial charge in [0, 0.05) is 6.07 Å². The van der Waals surface area contributed by atoms with Crippen LogP contribution in [0.1, 0.15) is 37.7 Å². The Hall–Kier alpha value is -1.13. The van der Waals surface area contributed by atoms with Gasteiger partial charge in [-0.15, -0.1) is 0 Å². The molecule has 1 aliphatic carbocycles.